The van der Waals surface area contributed by atoms with E-state index in [4.69, 9.17) is 0 Å². The van der Waals surface area contributed by atoms with Gasteiger partial charge in [0, 0.05) is 18.1 Å². The van der Waals surface area contributed by atoms with E-state index < -0.39 is 0 Å². The molecule has 0 spiro atoms. The highest BCUT2D eigenvalue weighted by Crippen LogP contribution is 2.47. The van der Waals surface area contributed by atoms with Crippen LogP contribution in [-0.4, -0.2) is 24.7 Å². The molecule has 0 aromatic carbocycles. The lowest BCUT2D eigenvalue weighted by Gasteiger charge is -2.27. The van der Waals surface area contributed by atoms with E-state index >= 15 is 0 Å². The van der Waals surface area contributed by atoms with Crippen LogP contribution in [0.5, 0.6) is 0 Å². The molecule has 2 bridgehead atoms. The number of hydrogen-bond acceptors (Lipinski definition) is 2. The highest BCUT2D eigenvalue weighted by atomic mass is 15.0. The van der Waals surface area contributed by atoms with Crippen LogP contribution in [0.25, 0.3) is 0 Å². The fourth-order valence-electron chi connectivity index (χ4n) is 3.51. The van der Waals surface area contributed by atoms with Crippen molar-refractivity contribution in [3.63, 3.8) is 0 Å². The summed E-state index contributed by atoms with van der Waals surface area (Å²) >= 11 is 0. The molecular formula is C15H30N2. The zero-order valence-corrected chi connectivity index (χ0v) is 12.1. The lowest BCUT2D eigenvalue weighted by atomic mass is 9.89. The molecule has 2 heteroatoms. The van der Waals surface area contributed by atoms with Crippen molar-refractivity contribution in [1.29, 1.82) is 0 Å². The molecule has 17 heavy (non-hydrogen) atoms. The zero-order chi connectivity index (χ0) is 12.5. The van der Waals surface area contributed by atoms with Crippen molar-refractivity contribution in [3.05, 3.63) is 0 Å². The molecule has 0 saturated heterocycles. The minimum Gasteiger partial charge on any atom is -0.313 e. The van der Waals surface area contributed by atoms with Crippen LogP contribution in [0.1, 0.15) is 53.4 Å². The van der Waals surface area contributed by atoms with Crippen LogP contribution in [0.15, 0.2) is 0 Å². The van der Waals surface area contributed by atoms with E-state index in [0.29, 0.717) is 6.04 Å². The predicted molar refractivity (Wildman–Crippen MR) is 74.2 cm³/mol. The average Bonchev–Trinajstić information content (AvgIpc) is 2.84. The topological polar surface area (TPSA) is 24.1 Å². The van der Waals surface area contributed by atoms with E-state index in [1.807, 2.05) is 0 Å². The van der Waals surface area contributed by atoms with E-state index in [1.165, 1.54) is 32.2 Å². The van der Waals surface area contributed by atoms with Gasteiger partial charge in [0.25, 0.3) is 0 Å². The summed E-state index contributed by atoms with van der Waals surface area (Å²) in [5, 5.41) is 7.29. The fraction of sp³-hybridized carbons (Fsp3) is 1.00. The van der Waals surface area contributed by atoms with Gasteiger partial charge in [0.05, 0.1) is 0 Å². The molecule has 4 atom stereocenters. The van der Waals surface area contributed by atoms with Gasteiger partial charge in [0.1, 0.15) is 0 Å². The number of hydrogen-bond donors (Lipinski definition) is 2. The van der Waals surface area contributed by atoms with Crippen LogP contribution >= 0.6 is 0 Å². The summed E-state index contributed by atoms with van der Waals surface area (Å²) in [6, 6.07) is 0.591. The molecule has 0 radical (unpaired) electrons. The molecule has 2 nitrogen and oxygen atoms in total. The summed E-state index contributed by atoms with van der Waals surface area (Å²) < 4.78 is 0. The van der Waals surface area contributed by atoms with Crippen molar-refractivity contribution < 1.29 is 0 Å². The molecule has 100 valence electrons. The second kappa shape index (κ2) is 5.27. The molecule has 0 aliphatic heterocycles. The van der Waals surface area contributed by atoms with Crippen LogP contribution in [0.2, 0.25) is 0 Å². The first-order chi connectivity index (χ1) is 7.94. The minimum absolute atomic E-state index is 0.238. The molecule has 2 fully saturated rings. The summed E-state index contributed by atoms with van der Waals surface area (Å²) in [4.78, 5) is 0. The van der Waals surface area contributed by atoms with Crippen molar-refractivity contribution in [2.24, 2.45) is 17.8 Å². The Morgan fingerprint density at radius 1 is 1.18 bits per heavy atom. The van der Waals surface area contributed by atoms with Crippen LogP contribution in [0.3, 0.4) is 0 Å². The maximum Gasteiger partial charge on any atom is 0.0164 e. The largest absolute Gasteiger partial charge is 0.313 e. The second-order valence-corrected chi connectivity index (χ2v) is 7.38. The number of rotatable bonds is 5. The second-order valence-electron chi connectivity index (χ2n) is 7.38. The maximum absolute atomic E-state index is 3.72. The van der Waals surface area contributed by atoms with Gasteiger partial charge in [-0.15, -0.1) is 0 Å². The van der Waals surface area contributed by atoms with Crippen LogP contribution in [0, 0.1) is 17.8 Å². The molecular weight excluding hydrogens is 208 g/mol. The van der Waals surface area contributed by atoms with Gasteiger partial charge in [-0.1, -0.05) is 6.42 Å². The van der Waals surface area contributed by atoms with E-state index in [1.54, 1.807) is 0 Å². The Hall–Kier alpha value is -0.0800. The Morgan fingerprint density at radius 2 is 1.94 bits per heavy atom. The molecule has 2 aliphatic carbocycles. The monoisotopic (exact) mass is 238 g/mol. The van der Waals surface area contributed by atoms with Gasteiger partial charge in [0.15, 0.2) is 0 Å². The molecule has 2 N–H and O–H groups in total. The van der Waals surface area contributed by atoms with E-state index in [2.05, 4.69) is 38.3 Å². The fourth-order valence-corrected chi connectivity index (χ4v) is 3.51. The molecule has 0 heterocycles. The van der Waals surface area contributed by atoms with Gasteiger partial charge in [-0.05, 0) is 71.3 Å². The van der Waals surface area contributed by atoms with Crippen LogP contribution in [-0.2, 0) is 0 Å². The molecule has 2 rings (SSSR count). The Kier molecular flexibility index (Phi) is 4.14. The lowest BCUT2D eigenvalue weighted by molar-refractivity contribution is 0.300. The first-order valence-electron chi connectivity index (χ1n) is 7.42. The van der Waals surface area contributed by atoms with Gasteiger partial charge in [-0.25, -0.2) is 0 Å². The molecule has 4 unspecified atom stereocenters. The third-order valence-electron chi connectivity index (χ3n) is 4.55. The normalized spacial score (nSPS) is 34.2. The first kappa shape index (κ1) is 13.4. The standard InChI is InChI=1S/C15H30N2/c1-11(9-17-15(2,3)4)16-10-14-8-12-5-6-13(14)7-12/h11-14,16-17H,5-10H2,1-4H3. The highest BCUT2D eigenvalue weighted by molar-refractivity contribution is 4.91. The van der Waals surface area contributed by atoms with Crippen molar-refractivity contribution in [3.8, 4) is 0 Å². The summed E-state index contributed by atoms with van der Waals surface area (Å²) in [5.74, 6) is 3.11. The van der Waals surface area contributed by atoms with Crippen molar-refractivity contribution in [1.82, 2.24) is 10.6 Å². The predicted octanol–water partition coefficient (Wildman–Crippen LogP) is 2.79. The highest BCUT2D eigenvalue weighted by Gasteiger charge is 2.39. The lowest BCUT2D eigenvalue weighted by Crippen LogP contribution is -2.45. The Bertz CT molecular complexity index is 244. The maximum atomic E-state index is 3.72. The van der Waals surface area contributed by atoms with Crippen molar-refractivity contribution in [2.75, 3.05) is 13.1 Å². The summed E-state index contributed by atoms with van der Waals surface area (Å²) in [6.45, 7) is 11.3. The Labute approximate surface area is 107 Å². The van der Waals surface area contributed by atoms with Crippen LogP contribution in [0.4, 0.5) is 0 Å². The van der Waals surface area contributed by atoms with Crippen LogP contribution < -0.4 is 10.6 Å². The van der Waals surface area contributed by atoms with E-state index in [-0.39, 0.29) is 5.54 Å². The smallest absolute Gasteiger partial charge is 0.0164 e. The zero-order valence-electron chi connectivity index (χ0n) is 12.1. The first-order valence-corrected chi connectivity index (χ1v) is 7.42. The SMILES string of the molecule is CC(CNC(C)(C)C)NCC1CC2CCC1C2. The summed E-state index contributed by atoms with van der Waals surface area (Å²) in [6.07, 6.45) is 6.05. The molecule has 2 aliphatic rings. The van der Waals surface area contributed by atoms with Crippen molar-refractivity contribution >= 4 is 0 Å². The van der Waals surface area contributed by atoms with E-state index in [9.17, 15) is 0 Å². The third kappa shape index (κ3) is 3.96. The molecule has 0 aromatic rings. The molecule has 0 aromatic heterocycles. The van der Waals surface area contributed by atoms with Gasteiger partial charge in [0.2, 0.25) is 0 Å². The summed E-state index contributed by atoms with van der Waals surface area (Å²) in [5.41, 5.74) is 0.238. The van der Waals surface area contributed by atoms with Gasteiger partial charge < -0.3 is 10.6 Å². The Morgan fingerprint density at radius 3 is 2.47 bits per heavy atom. The minimum atomic E-state index is 0.238. The quantitative estimate of drug-likeness (QED) is 0.769. The van der Waals surface area contributed by atoms with Gasteiger partial charge in [-0.2, -0.15) is 0 Å². The summed E-state index contributed by atoms with van der Waals surface area (Å²) in [7, 11) is 0. The van der Waals surface area contributed by atoms with Gasteiger partial charge in [-0.3, -0.25) is 0 Å². The van der Waals surface area contributed by atoms with E-state index in [0.717, 1.165) is 24.3 Å². The molecule has 0 amide bonds. The number of nitrogens with one attached hydrogen (secondary N) is 2. The molecule has 2 saturated carbocycles. The van der Waals surface area contributed by atoms with Crippen molar-refractivity contribution in [2.45, 2.75) is 65.0 Å². The number of fused-ring (bicyclic) bond motifs is 2. The average molecular weight is 238 g/mol. The van der Waals surface area contributed by atoms with Gasteiger partial charge >= 0.3 is 0 Å². The Balaban J connectivity index is 1.62. The third-order valence-corrected chi connectivity index (χ3v) is 4.55.